The van der Waals surface area contributed by atoms with Crippen molar-refractivity contribution in [2.45, 2.75) is 50.5 Å². The molecule has 1 aromatic heterocycles. The van der Waals surface area contributed by atoms with Crippen molar-refractivity contribution in [1.82, 2.24) is 15.2 Å². The smallest absolute Gasteiger partial charge is 0.326 e. The number of nitrogens with one attached hydrogen (secondary N) is 2. The van der Waals surface area contributed by atoms with E-state index in [1.54, 1.807) is 0 Å². The molecule has 1 aliphatic rings. The van der Waals surface area contributed by atoms with Gasteiger partial charge in [0.1, 0.15) is 12.3 Å². The number of benzene rings is 2. The molecule has 220 valence electrons. The van der Waals surface area contributed by atoms with E-state index in [0.29, 0.717) is 30.5 Å². The number of aliphatic hydroxyl groups is 2. The van der Waals surface area contributed by atoms with Gasteiger partial charge in [0.15, 0.2) is 0 Å². The molecule has 0 bridgehead atoms. The van der Waals surface area contributed by atoms with Crippen molar-refractivity contribution in [3.8, 4) is 23.0 Å². The number of carbonyl (C=O) groups is 2. The summed E-state index contributed by atoms with van der Waals surface area (Å²) in [4.78, 5) is 35.4. The van der Waals surface area contributed by atoms with Crippen LogP contribution in [0, 0.1) is 22.0 Å². The summed E-state index contributed by atoms with van der Waals surface area (Å²) in [6.07, 6.45) is 1.58. The van der Waals surface area contributed by atoms with Gasteiger partial charge >= 0.3 is 5.82 Å². The zero-order valence-corrected chi connectivity index (χ0v) is 23.1. The summed E-state index contributed by atoms with van der Waals surface area (Å²) in [6, 6.07) is 18.7. The van der Waals surface area contributed by atoms with E-state index in [9.17, 15) is 29.9 Å². The molecule has 4 rings (SSSR count). The monoisotopic (exact) mass is 574 g/mol. The van der Waals surface area contributed by atoms with Crippen LogP contribution in [0.4, 0.5) is 5.82 Å². The van der Waals surface area contributed by atoms with Crippen LogP contribution < -0.4 is 10.6 Å². The zero-order valence-electron chi connectivity index (χ0n) is 23.1. The second-order valence-electron chi connectivity index (χ2n) is 9.95. The Morgan fingerprint density at radius 3 is 2.48 bits per heavy atom. The van der Waals surface area contributed by atoms with Crippen molar-refractivity contribution in [1.29, 1.82) is 0 Å². The number of unbranched alkanes of at least 4 members (excludes halogenated alkanes) is 2. The third-order valence-corrected chi connectivity index (χ3v) is 6.94. The van der Waals surface area contributed by atoms with Crippen LogP contribution in [-0.4, -0.2) is 63.4 Å². The number of hydrogen-bond acceptors (Lipinski definition) is 7. The molecule has 0 spiro atoms. The molecule has 0 saturated carbocycles. The van der Waals surface area contributed by atoms with Crippen LogP contribution in [0.3, 0.4) is 0 Å². The van der Waals surface area contributed by atoms with Gasteiger partial charge in [-0.2, -0.15) is 0 Å². The molecule has 1 aliphatic heterocycles. The molecule has 42 heavy (non-hydrogen) atoms. The number of aromatic nitrogens is 1. The average Bonchev–Trinajstić information content (AvgIpc) is 3.61. The highest BCUT2D eigenvalue weighted by Gasteiger charge is 2.39. The van der Waals surface area contributed by atoms with Gasteiger partial charge < -0.3 is 35.7 Å². The lowest BCUT2D eigenvalue weighted by Gasteiger charge is -2.10. The molecule has 1 unspecified atom stereocenters. The number of aliphatic hydroxyl groups excluding tert-OH is 2. The molecule has 1 saturated heterocycles. The summed E-state index contributed by atoms with van der Waals surface area (Å²) in [5.41, 5.74) is 3.11. The lowest BCUT2D eigenvalue weighted by molar-refractivity contribution is -0.393. The van der Waals surface area contributed by atoms with E-state index in [1.807, 2.05) is 54.6 Å². The maximum absolute atomic E-state index is 12.4. The van der Waals surface area contributed by atoms with E-state index < -0.39 is 23.4 Å². The Kier molecular flexibility index (Phi) is 10.8. The predicted octanol–water partition coefficient (Wildman–Crippen LogP) is 3.16. The summed E-state index contributed by atoms with van der Waals surface area (Å²) < 4.78 is 6.80. The SMILES string of the molecule is O=C(CCCCCNC(=O)c1ccc(-c2ccccc2)cc1)NCC#Cc1cc([N+](=O)[O-])n([C@H]2CC(O)[C@@H](CO)O2)c1. The first-order chi connectivity index (χ1) is 20.4. The van der Waals surface area contributed by atoms with Gasteiger partial charge in [-0.15, -0.1) is 0 Å². The third kappa shape index (κ3) is 8.27. The van der Waals surface area contributed by atoms with Gasteiger partial charge in [-0.25, -0.2) is 4.57 Å². The molecule has 11 heteroatoms. The van der Waals surface area contributed by atoms with E-state index in [-0.39, 0.29) is 37.2 Å². The molecule has 2 amide bonds. The normalized spacial score (nSPS) is 17.7. The molecule has 3 atom stereocenters. The van der Waals surface area contributed by atoms with Crippen molar-refractivity contribution >= 4 is 17.6 Å². The number of hydrogen-bond donors (Lipinski definition) is 4. The largest absolute Gasteiger partial charge is 0.394 e. The molecule has 0 radical (unpaired) electrons. The topological polar surface area (TPSA) is 156 Å². The van der Waals surface area contributed by atoms with E-state index in [4.69, 9.17) is 4.74 Å². The van der Waals surface area contributed by atoms with Gasteiger partial charge in [0.05, 0.1) is 30.9 Å². The fourth-order valence-electron chi connectivity index (χ4n) is 4.68. The lowest BCUT2D eigenvalue weighted by atomic mass is 10.0. The average molecular weight is 575 g/mol. The highest BCUT2D eigenvalue weighted by atomic mass is 16.6. The number of amides is 2. The number of rotatable bonds is 12. The van der Waals surface area contributed by atoms with Crippen molar-refractivity contribution < 1.29 is 29.5 Å². The van der Waals surface area contributed by atoms with E-state index in [1.165, 1.54) is 16.8 Å². The van der Waals surface area contributed by atoms with Crippen LogP contribution in [0.25, 0.3) is 11.1 Å². The Morgan fingerprint density at radius 2 is 1.79 bits per heavy atom. The predicted molar refractivity (Wildman–Crippen MR) is 155 cm³/mol. The van der Waals surface area contributed by atoms with Crippen LogP contribution >= 0.6 is 0 Å². The minimum atomic E-state index is -0.922. The Bertz CT molecular complexity index is 1430. The van der Waals surface area contributed by atoms with Gasteiger partial charge in [-0.3, -0.25) is 9.59 Å². The fraction of sp³-hybridized carbons (Fsp3) is 0.355. The van der Waals surface area contributed by atoms with Crippen LogP contribution in [0.15, 0.2) is 66.9 Å². The maximum Gasteiger partial charge on any atom is 0.326 e. The summed E-state index contributed by atoms with van der Waals surface area (Å²) >= 11 is 0. The van der Waals surface area contributed by atoms with Crippen LogP contribution in [-0.2, 0) is 9.53 Å². The number of nitro groups is 1. The van der Waals surface area contributed by atoms with Crippen LogP contribution in [0.1, 0.15) is 54.3 Å². The van der Waals surface area contributed by atoms with E-state index in [0.717, 1.165) is 24.0 Å². The number of nitrogens with zero attached hydrogens (tertiary/aromatic N) is 2. The van der Waals surface area contributed by atoms with E-state index in [2.05, 4.69) is 22.5 Å². The molecular weight excluding hydrogens is 540 g/mol. The van der Waals surface area contributed by atoms with Crippen LogP contribution in [0.2, 0.25) is 0 Å². The lowest BCUT2D eigenvalue weighted by Crippen LogP contribution is -2.25. The first-order valence-electron chi connectivity index (χ1n) is 13.9. The molecule has 11 nitrogen and oxygen atoms in total. The summed E-state index contributed by atoms with van der Waals surface area (Å²) in [5.74, 6) is 5.06. The fourth-order valence-corrected chi connectivity index (χ4v) is 4.68. The highest BCUT2D eigenvalue weighted by Crippen LogP contribution is 2.33. The van der Waals surface area contributed by atoms with E-state index >= 15 is 0 Å². The first-order valence-corrected chi connectivity index (χ1v) is 13.9. The Hall–Kier alpha value is -4.50. The Balaban J connectivity index is 1.12. The minimum Gasteiger partial charge on any atom is -0.394 e. The van der Waals surface area contributed by atoms with Gasteiger partial charge in [0.2, 0.25) is 12.1 Å². The minimum absolute atomic E-state index is 0.0855. The second kappa shape index (κ2) is 14.9. The van der Waals surface area contributed by atoms with Gasteiger partial charge in [-0.1, -0.05) is 60.7 Å². The van der Waals surface area contributed by atoms with Gasteiger partial charge in [-0.05, 0) is 41.0 Å². The van der Waals surface area contributed by atoms with Crippen molar-refractivity contribution in [2.24, 2.45) is 0 Å². The molecule has 2 heterocycles. The van der Waals surface area contributed by atoms with Crippen molar-refractivity contribution in [3.63, 3.8) is 0 Å². The summed E-state index contributed by atoms with van der Waals surface area (Å²) in [5, 5.41) is 36.3. The molecule has 2 aromatic carbocycles. The summed E-state index contributed by atoms with van der Waals surface area (Å²) in [6.45, 7) is 0.215. The Morgan fingerprint density at radius 1 is 1.05 bits per heavy atom. The van der Waals surface area contributed by atoms with Gasteiger partial charge in [0, 0.05) is 24.9 Å². The van der Waals surface area contributed by atoms with Crippen molar-refractivity contribution in [3.05, 3.63) is 88.1 Å². The number of ether oxygens (including phenoxy) is 1. The van der Waals surface area contributed by atoms with Crippen LogP contribution in [0.5, 0.6) is 0 Å². The molecule has 3 aromatic rings. The number of carbonyl (C=O) groups excluding carboxylic acids is 2. The second-order valence-corrected chi connectivity index (χ2v) is 9.95. The zero-order chi connectivity index (χ0) is 29.9. The standard InChI is InChI=1S/C31H34N4O7/c36-21-27-26(37)19-30(42-27)34-20-22(18-29(34)35(40)41)8-7-17-32-28(38)11-5-2-6-16-33-31(39)25-14-12-24(13-15-25)23-9-3-1-4-10-23/h1,3-4,9-10,12-15,18,20,26-27,30,36-37H,2,5-6,11,16-17,19,21H2,(H,32,38)(H,33,39)/t26?,27-,30-/m1/s1. The molecule has 1 fully saturated rings. The van der Waals surface area contributed by atoms with Crippen molar-refractivity contribution in [2.75, 3.05) is 19.7 Å². The molecule has 0 aliphatic carbocycles. The summed E-state index contributed by atoms with van der Waals surface area (Å²) in [7, 11) is 0. The molecular formula is C31H34N4O7. The molecule has 4 N–H and O–H groups in total. The first kappa shape index (κ1) is 30.5. The quantitative estimate of drug-likeness (QED) is 0.112. The Labute approximate surface area is 243 Å². The maximum atomic E-state index is 12.4. The van der Waals surface area contributed by atoms with Gasteiger partial charge in [0.25, 0.3) is 5.91 Å². The third-order valence-electron chi connectivity index (χ3n) is 6.94. The highest BCUT2D eigenvalue weighted by molar-refractivity contribution is 5.94.